The first-order valence-electron chi connectivity index (χ1n) is 8.13. The molecule has 0 bridgehead atoms. The SMILES string of the molecule is CC(C)N(Cc1ccccc1)S(=O)(=O)c1c(C(=O)O)sc2ccccc12. The summed E-state index contributed by atoms with van der Waals surface area (Å²) in [5.74, 6) is -1.23. The summed E-state index contributed by atoms with van der Waals surface area (Å²) in [4.78, 5) is 11.5. The predicted octanol–water partition coefficient (Wildman–Crippen LogP) is 4.20. The number of carbonyl (C=O) groups is 1. The van der Waals surface area contributed by atoms with Crippen LogP contribution in [0.4, 0.5) is 0 Å². The Hall–Kier alpha value is -2.22. The third-order valence-electron chi connectivity index (χ3n) is 4.07. The third-order valence-corrected chi connectivity index (χ3v) is 7.46. The monoisotopic (exact) mass is 389 g/mol. The molecule has 0 fully saturated rings. The molecule has 26 heavy (non-hydrogen) atoms. The first-order chi connectivity index (χ1) is 12.3. The topological polar surface area (TPSA) is 74.7 Å². The lowest BCUT2D eigenvalue weighted by molar-refractivity contribution is 0.0698. The molecule has 0 aliphatic carbocycles. The highest BCUT2D eigenvalue weighted by Crippen LogP contribution is 2.37. The van der Waals surface area contributed by atoms with Crippen LogP contribution in [0.15, 0.2) is 59.5 Å². The molecule has 1 heterocycles. The molecule has 0 aliphatic rings. The highest BCUT2D eigenvalue weighted by atomic mass is 32.2. The van der Waals surface area contributed by atoms with E-state index in [9.17, 15) is 18.3 Å². The van der Waals surface area contributed by atoms with Gasteiger partial charge in [0.15, 0.2) is 0 Å². The van der Waals surface area contributed by atoms with Crippen LogP contribution in [-0.2, 0) is 16.6 Å². The molecule has 2 aromatic carbocycles. The van der Waals surface area contributed by atoms with Crippen LogP contribution in [0.1, 0.15) is 29.1 Å². The molecule has 1 aromatic heterocycles. The Morgan fingerprint density at radius 3 is 2.31 bits per heavy atom. The van der Waals surface area contributed by atoms with Crippen molar-refractivity contribution in [2.24, 2.45) is 0 Å². The van der Waals surface area contributed by atoms with Crippen LogP contribution in [0.25, 0.3) is 10.1 Å². The Balaban J connectivity index is 2.18. The summed E-state index contributed by atoms with van der Waals surface area (Å²) in [5.41, 5.74) is 0.848. The van der Waals surface area contributed by atoms with E-state index in [1.54, 1.807) is 38.1 Å². The van der Waals surface area contributed by atoms with Crippen LogP contribution in [0.2, 0.25) is 0 Å². The van der Waals surface area contributed by atoms with Gasteiger partial charge >= 0.3 is 5.97 Å². The molecule has 0 saturated carbocycles. The highest BCUT2D eigenvalue weighted by Gasteiger charge is 2.34. The quantitative estimate of drug-likeness (QED) is 0.686. The van der Waals surface area contributed by atoms with E-state index in [1.807, 2.05) is 30.3 Å². The van der Waals surface area contributed by atoms with Crippen molar-refractivity contribution in [1.82, 2.24) is 4.31 Å². The molecule has 0 atom stereocenters. The average Bonchev–Trinajstić information content (AvgIpc) is 3.01. The Morgan fingerprint density at radius 1 is 1.08 bits per heavy atom. The molecule has 0 saturated heterocycles. The largest absolute Gasteiger partial charge is 0.477 e. The van der Waals surface area contributed by atoms with Crippen LogP contribution < -0.4 is 0 Å². The van der Waals surface area contributed by atoms with E-state index < -0.39 is 16.0 Å². The molecule has 0 amide bonds. The fraction of sp³-hybridized carbons (Fsp3) is 0.211. The van der Waals surface area contributed by atoms with Crippen molar-refractivity contribution in [1.29, 1.82) is 0 Å². The van der Waals surface area contributed by atoms with Crippen molar-refractivity contribution < 1.29 is 18.3 Å². The van der Waals surface area contributed by atoms with Gasteiger partial charge < -0.3 is 5.11 Å². The molecule has 0 unspecified atom stereocenters. The molecule has 5 nitrogen and oxygen atoms in total. The van der Waals surface area contributed by atoms with Crippen LogP contribution in [0, 0.1) is 0 Å². The van der Waals surface area contributed by atoms with Gasteiger partial charge in [-0.3, -0.25) is 0 Å². The van der Waals surface area contributed by atoms with Gasteiger partial charge in [0.2, 0.25) is 10.0 Å². The van der Waals surface area contributed by atoms with E-state index in [-0.39, 0.29) is 22.4 Å². The van der Waals surface area contributed by atoms with Gasteiger partial charge in [0.25, 0.3) is 0 Å². The first kappa shape index (κ1) is 18.6. The van der Waals surface area contributed by atoms with Gasteiger partial charge in [-0.25, -0.2) is 13.2 Å². The van der Waals surface area contributed by atoms with Gasteiger partial charge in [0, 0.05) is 22.7 Å². The molecule has 3 aromatic rings. The van der Waals surface area contributed by atoms with Gasteiger partial charge in [-0.2, -0.15) is 4.31 Å². The minimum Gasteiger partial charge on any atom is -0.477 e. The zero-order valence-electron chi connectivity index (χ0n) is 14.4. The minimum atomic E-state index is -3.99. The molecule has 0 aliphatic heterocycles. The van der Waals surface area contributed by atoms with E-state index >= 15 is 0 Å². The maximum atomic E-state index is 13.4. The number of aromatic carboxylic acids is 1. The van der Waals surface area contributed by atoms with E-state index in [4.69, 9.17) is 0 Å². The van der Waals surface area contributed by atoms with Crippen molar-refractivity contribution in [2.45, 2.75) is 31.3 Å². The average molecular weight is 389 g/mol. The number of carboxylic acids is 1. The number of hydrogen-bond donors (Lipinski definition) is 1. The summed E-state index contributed by atoms with van der Waals surface area (Å²) in [5, 5.41) is 10.0. The second kappa shape index (κ2) is 7.19. The maximum absolute atomic E-state index is 13.4. The normalized spacial score (nSPS) is 12.2. The van der Waals surface area contributed by atoms with E-state index in [2.05, 4.69) is 0 Å². The van der Waals surface area contributed by atoms with Crippen molar-refractivity contribution >= 4 is 37.4 Å². The number of fused-ring (bicyclic) bond motifs is 1. The predicted molar refractivity (Wildman–Crippen MR) is 103 cm³/mol. The summed E-state index contributed by atoms with van der Waals surface area (Å²) in [6, 6.07) is 15.8. The van der Waals surface area contributed by atoms with Crippen molar-refractivity contribution in [3.63, 3.8) is 0 Å². The number of hydrogen-bond acceptors (Lipinski definition) is 4. The fourth-order valence-electron chi connectivity index (χ4n) is 2.84. The summed E-state index contributed by atoms with van der Waals surface area (Å²) in [7, 11) is -3.99. The second-order valence-corrected chi connectivity index (χ2v) is 9.07. The van der Waals surface area contributed by atoms with E-state index in [0.29, 0.717) is 10.1 Å². The number of nitrogens with zero attached hydrogens (tertiary/aromatic N) is 1. The van der Waals surface area contributed by atoms with Crippen LogP contribution in [0.5, 0.6) is 0 Å². The van der Waals surface area contributed by atoms with Gasteiger partial charge in [0.05, 0.1) is 0 Å². The summed E-state index contributed by atoms with van der Waals surface area (Å²) in [6.45, 7) is 3.76. The highest BCUT2D eigenvalue weighted by molar-refractivity contribution is 7.89. The number of thiophene rings is 1. The molecule has 3 rings (SSSR count). The zero-order chi connectivity index (χ0) is 18.9. The lowest BCUT2D eigenvalue weighted by Crippen LogP contribution is -2.36. The first-order valence-corrected chi connectivity index (χ1v) is 10.4. The summed E-state index contributed by atoms with van der Waals surface area (Å²) >= 11 is 0.989. The summed E-state index contributed by atoms with van der Waals surface area (Å²) < 4.78 is 28.9. The summed E-state index contributed by atoms with van der Waals surface area (Å²) in [6.07, 6.45) is 0. The Morgan fingerprint density at radius 2 is 1.69 bits per heavy atom. The second-order valence-electron chi connectivity index (χ2n) is 6.19. The molecule has 0 radical (unpaired) electrons. The molecule has 0 spiro atoms. The van der Waals surface area contributed by atoms with Crippen LogP contribution in [-0.4, -0.2) is 29.8 Å². The Kier molecular flexibility index (Phi) is 5.13. The van der Waals surface area contributed by atoms with Crippen molar-refractivity contribution in [2.75, 3.05) is 0 Å². The Labute approximate surface area is 156 Å². The van der Waals surface area contributed by atoms with E-state index in [1.165, 1.54) is 4.31 Å². The minimum absolute atomic E-state index is 0.116. The van der Waals surface area contributed by atoms with Crippen LogP contribution >= 0.6 is 11.3 Å². The lowest BCUT2D eigenvalue weighted by atomic mass is 10.2. The van der Waals surface area contributed by atoms with Crippen molar-refractivity contribution in [3.8, 4) is 0 Å². The molecule has 136 valence electrons. The molecular formula is C19H19NO4S2. The number of rotatable bonds is 6. The molecule has 7 heteroatoms. The number of sulfonamides is 1. The zero-order valence-corrected chi connectivity index (χ0v) is 16.0. The number of benzene rings is 2. The van der Waals surface area contributed by atoms with Crippen molar-refractivity contribution in [3.05, 3.63) is 65.0 Å². The Bertz CT molecular complexity index is 1040. The number of carboxylic acid groups (broad SMARTS) is 1. The fourth-order valence-corrected chi connectivity index (χ4v) is 6.17. The van der Waals surface area contributed by atoms with Gasteiger partial charge in [-0.05, 0) is 25.5 Å². The van der Waals surface area contributed by atoms with E-state index in [0.717, 1.165) is 16.9 Å². The standard InChI is InChI=1S/C19H19NO4S2/c1-13(2)20(12-14-8-4-3-5-9-14)26(23,24)18-15-10-6-7-11-16(15)25-17(18)19(21)22/h3-11,13H,12H2,1-2H3,(H,21,22). The van der Waals surface area contributed by atoms with Gasteiger partial charge in [0.1, 0.15) is 9.77 Å². The third kappa shape index (κ3) is 3.38. The lowest BCUT2D eigenvalue weighted by Gasteiger charge is -2.26. The smallest absolute Gasteiger partial charge is 0.347 e. The molecule has 1 N–H and O–H groups in total. The maximum Gasteiger partial charge on any atom is 0.347 e. The van der Waals surface area contributed by atoms with Gasteiger partial charge in [-0.15, -0.1) is 11.3 Å². The molecular weight excluding hydrogens is 370 g/mol. The van der Waals surface area contributed by atoms with Crippen LogP contribution in [0.3, 0.4) is 0 Å². The van der Waals surface area contributed by atoms with Gasteiger partial charge in [-0.1, -0.05) is 48.5 Å².